The lowest BCUT2D eigenvalue weighted by Gasteiger charge is -2.11. The standard InChI is InChI=1S/C18H13Cl2NO5S2/c1-25-18(22)13-4-2-3-5-15(13)26-12-8-6-11(7-9-12)21-28(23,24)16-10-14(19)17(20)27-16/h2-10,21H,1H3. The van der Waals surface area contributed by atoms with E-state index < -0.39 is 16.0 Å². The van der Waals surface area contributed by atoms with Crippen molar-refractivity contribution in [2.24, 2.45) is 0 Å². The van der Waals surface area contributed by atoms with Crippen LogP contribution in [0.1, 0.15) is 10.4 Å². The van der Waals surface area contributed by atoms with Crippen LogP contribution in [0.15, 0.2) is 58.8 Å². The lowest BCUT2D eigenvalue weighted by Crippen LogP contribution is -2.11. The first-order valence-electron chi connectivity index (χ1n) is 7.73. The van der Waals surface area contributed by atoms with Crippen LogP contribution in [0.5, 0.6) is 11.5 Å². The fourth-order valence-corrected chi connectivity index (χ4v) is 5.16. The lowest BCUT2D eigenvalue weighted by atomic mass is 10.2. The maximum Gasteiger partial charge on any atom is 0.341 e. The summed E-state index contributed by atoms with van der Waals surface area (Å²) in [5, 5.41) is 0.181. The molecule has 0 aliphatic rings. The summed E-state index contributed by atoms with van der Waals surface area (Å²) in [6, 6.07) is 14.1. The molecule has 0 atom stereocenters. The Hall–Kier alpha value is -2.26. The van der Waals surface area contributed by atoms with Gasteiger partial charge in [0.25, 0.3) is 10.0 Å². The van der Waals surface area contributed by atoms with E-state index in [1.807, 2.05) is 0 Å². The second-order valence-corrected chi connectivity index (χ2v) is 9.38. The molecule has 3 aromatic rings. The third kappa shape index (κ3) is 4.59. The third-order valence-corrected chi connectivity index (χ3v) is 7.23. The normalized spacial score (nSPS) is 11.1. The highest BCUT2D eigenvalue weighted by molar-refractivity contribution is 7.94. The monoisotopic (exact) mass is 457 g/mol. The van der Waals surface area contributed by atoms with Crippen LogP contribution in [0.2, 0.25) is 9.36 Å². The number of nitrogens with one attached hydrogen (secondary N) is 1. The maximum absolute atomic E-state index is 12.4. The Balaban J connectivity index is 1.77. The van der Waals surface area contributed by atoms with Crippen molar-refractivity contribution in [2.45, 2.75) is 4.21 Å². The van der Waals surface area contributed by atoms with Gasteiger partial charge in [0.05, 0.1) is 12.1 Å². The highest BCUT2D eigenvalue weighted by Gasteiger charge is 2.19. The molecule has 0 bridgehead atoms. The molecule has 0 unspecified atom stereocenters. The smallest absolute Gasteiger partial charge is 0.341 e. The van der Waals surface area contributed by atoms with Gasteiger partial charge in [-0.15, -0.1) is 11.3 Å². The zero-order valence-corrected chi connectivity index (χ0v) is 17.5. The van der Waals surface area contributed by atoms with Crippen molar-refractivity contribution < 1.29 is 22.7 Å². The molecule has 0 spiro atoms. The van der Waals surface area contributed by atoms with Crippen LogP contribution in [0.3, 0.4) is 0 Å². The Morgan fingerprint density at radius 3 is 2.36 bits per heavy atom. The molecule has 6 nitrogen and oxygen atoms in total. The number of ether oxygens (including phenoxy) is 2. The van der Waals surface area contributed by atoms with Crippen LogP contribution in [-0.2, 0) is 14.8 Å². The van der Waals surface area contributed by atoms with E-state index in [1.54, 1.807) is 36.4 Å². The highest BCUT2D eigenvalue weighted by atomic mass is 35.5. The minimum Gasteiger partial charge on any atom is -0.465 e. The van der Waals surface area contributed by atoms with Crippen molar-refractivity contribution >= 4 is 56.2 Å². The summed E-state index contributed by atoms with van der Waals surface area (Å²) >= 11 is 12.5. The quantitative estimate of drug-likeness (QED) is 0.498. The lowest BCUT2D eigenvalue weighted by molar-refractivity contribution is 0.0598. The number of hydrogen-bond acceptors (Lipinski definition) is 6. The summed E-state index contributed by atoms with van der Waals surface area (Å²) in [7, 11) is -2.52. The molecule has 146 valence electrons. The van der Waals surface area contributed by atoms with E-state index >= 15 is 0 Å². The minimum absolute atomic E-state index is 0.00910. The van der Waals surface area contributed by atoms with Gasteiger partial charge in [-0.3, -0.25) is 4.72 Å². The number of halogens is 2. The number of benzene rings is 2. The van der Waals surface area contributed by atoms with Gasteiger partial charge in [-0.1, -0.05) is 35.3 Å². The SMILES string of the molecule is COC(=O)c1ccccc1Oc1ccc(NS(=O)(=O)c2cc(Cl)c(Cl)s2)cc1. The van der Waals surface area contributed by atoms with E-state index in [2.05, 4.69) is 4.72 Å². The molecule has 28 heavy (non-hydrogen) atoms. The van der Waals surface area contributed by atoms with Crippen molar-refractivity contribution in [3.8, 4) is 11.5 Å². The average Bonchev–Trinajstić information content (AvgIpc) is 3.02. The third-order valence-electron chi connectivity index (χ3n) is 3.51. The zero-order valence-electron chi connectivity index (χ0n) is 14.3. The number of sulfonamides is 1. The first kappa shape index (κ1) is 20.5. The molecule has 3 rings (SSSR count). The number of para-hydroxylation sites is 1. The maximum atomic E-state index is 12.4. The molecule has 10 heteroatoms. The van der Waals surface area contributed by atoms with E-state index in [4.69, 9.17) is 32.7 Å². The highest BCUT2D eigenvalue weighted by Crippen LogP contribution is 2.35. The van der Waals surface area contributed by atoms with Gasteiger partial charge >= 0.3 is 5.97 Å². The fraction of sp³-hybridized carbons (Fsp3) is 0.0556. The largest absolute Gasteiger partial charge is 0.465 e. The number of hydrogen-bond donors (Lipinski definition) is 1. The van der Waals surface area contributed by atoms with E-state index in [1.165, 1.54) is 25.3 Å². The Bertz CT molecular complexity index is 1090. The number of methoxy groups -OCH3 is 1. The topological polar surface area (TPSA) is 81.7 Å². The number of carbonyl (C=O) groups is 1. The Kier molecular flexibility index (Phi) is 6.14. The molecular weight excluding hydrogens is 445 g/mol. The second kappa shape index (κ2) is 8.40. The van der Waals surface area contributed by atoms with Gasteiger partial charge < -0.3 is 9.47 Å². The van der Waals surface area contributed by atoms with Gasteiger partial charge in [0, 0.05) is 5.69 Å². The fourth-order valence-electron chi connectivity index (χ4n) is 2.22. The summed E-state index contributed by atoms with van der Waals surface area (Å²) in [6.07, 6.45) is 0. The van der Waals surface area contributed by atoms with E-state index in [0.29, 0.717) is 17.2 Å². The molecule has 0 amide bonds. The first-order valence-corrected chi connectivity index (χ1v) is 10.8. The van der Waals surface area contributed by atoms with Crippen molar-refractivity contribution in [1.82, 2.24) is 0 Å². The van der Waals surface area contributed by atoms with Crippen LogP contribution in [0.4, 0.5) is 5.69 Å². The van der Waals surface area contributed by atoms with Crippen molar-refractivity contribution in [3.05, 3.63) is 69.5 Å². The van der Waals surface area contributed by atoms with E-state index in [0.717, 1.165) is 11.3 Å². The predicted octanol–water partition coefficient (Wildman–Crippen LogP) is 5.43. The molecule has 0 radical (unpaired) electrons. The molecule has 1 N–H and O–H groups in total. The van der Waals surface area contributed by atoms with Gasteiger partial charge in [-0.05, 0) is 42.5 Å². The van der Waals surface area contributed by atoms with Crippen molar-refractivity contribution in [3.63, 3.8) is 0 Å². The molecular formula is C18H13Cl2NO5S2. The first-order chi connectivity index (χ1) is 13.3. The Morgan fingerprint density at radius 2 is 1.75 bits per heavy atom. The summed E-state index contributed by atoms with van der Waals surface area (Å²) in [6.45, 7) is 0. The summed E-state index contributed by atoms with van der Waals surface area (Å²) < 4.78 is 37.9. The zero-order chi connectivity index (χ0) is 20.3. The van der Waals surface area contributed by atoms with Crippen molar-refractivity contribution in [1.29, 1.82) is 0 Å². The number of thiophene rings is 1. The van der Waals surface area contributed by atoms with Crippen LogP contribution in [0, 0.1) is 0 Å². The van der Waals surface area contributed by atoms with Crippen molar-refractivity contribution in [2.75, 3.05) is 11.8 Å². The summed E-state index contributed by atoms with van der Waals surface area (Å²) in [5.74, 6) is 0.223. The number of carbonyl (C=O) groups excluding carboxylic acids is 1. The molecule has 1 aromatic heterocycles. The van der Waals surface area contributed by atoms with Gasteiger partial charge in [0.2, 0.25) is 0 Å². The summed E-state index contributed by atoms with van der Waals surface area (Å²) in [5.41, 5.74) is 0.607. The molecule has 0 aliphatic heterocycles. The molecule has 1 heterocycles. The number of esters is 1. The molecule has 2 aromatic carbocycles. The van der Waals surface area contributed by atoms with Gasteiger partial charge in [0.1, 0.15) is 25.6 Å². The van der Waals surface area contributed by atoms with Crippen LogP contribution < -0.4 is 9.46 Å². The Labute approximate surface area is 175 Å². The molecule has 0 fully saturated rings. The van der Waals surface area contributed by atoms with E-state index in [-0.39, 0.29) is 19.1 Å². The van der Waals surface area contributed by atoms with Crippen LogP contribution in [-0.4, -0.2) is 21.5 Å². The Morgan fingerprint density at radius 1 is 1.07 bits per heavy atom. The second-order valence-electron chi connectivity index (χ2n) is 5.41. The van der Waals surface area contributed by atoms with Gasteiger partial charge in [-0.25, -0.2) is 13.2 Å². The predicted molar refractivity (Wildman–Crippen MR) is 109 cm³/mol. The molecule has 0 saturated carbocycles. The van der Waals surface area contributed by atoms with Gasteiger partial charge in [0.15, 0.2) is 0 Å². The molecule has 0 aliphatic carbocycles. The number of rotatable bonds is 6. The molecule has 0 saturated heterocycles. The van der Waals surface area contributed by atoms with Gasteiger partial charge in [-0.2, -0.15) is 0 Å². The average molecular weight is 458 g/mol. The van der Waals surface area contributed by atoms with Crippen LogP contribution >= 0.6 is 34.5 Å². The summed E-state index contributed by atoms with van der Waals surface area (Å²) in [4.78, 5) is 11.8. The van der Waals surface area contributed by atoms with Crippen LogP contribution in [0.25, 0.3) is 0 Å². The van der Waals surface area contributed by atoms with E-state index in [9.17, 15) is 13.2 Å². The number of anilines is 1. The minimum atomic E-state index is -3.81.